The van der Waals surface area contributed by atoms with E-state index in [1.165, 1.54) is 0 Å². The van der Waals surface area contributed by atoms with Crippen LogP contribution in [0.2, 0.25) is 0 Å². The van der Waals surface area contributed by atoms with Crippen molar-refractivity contribution in [2.45, 2.75) is 0 Å². The summed E-state index contributed by atoms with van der Waals surface area (Å²) in [5.74, 6) is 0. The molecule has 0 N–H and O–H groups in total. The van der Waals surface area contributed by atoms with Gasteiger partial charge in [0.2, 0.25) is 0 Å². The molecule has 0 bridgehead atoms. The molecule has 0 rings (SSSR count). The summed E-state index contributed by atoms with van der Waals surface area (Å²) in [6.07, 6.45) is 0. The predicted molar refractivity (Wildman–Crippen MR) is 5.75 cm³/mol. The average Bonchev–Trinajstić information content (AvgIpc) is 0.811. The van der Waals surface area contributed by atoms with E-state index in [1.807, 2.05) is 0 Å². The van der Waals surface area contributed by atoms with Crippen molar-refractivity contribution in [2.24, 2.45) is 0 Å². The molecule has 0 spiro atoms. The first-order valence-electron chi connectivity index (χ1n) is 0.707. The SMILES string of the molecule is [F-].[F-].[F-].[F-].[Li+].[Li+].[Li+].[Li+].[Li+].[Li+].[Li+].[O-]B([O-])[O-]. The van der Waals surface area contributed by atoms with Gasteiger partial charge < -0.3 is 33.9 Å². The summed E-state index contributed by atoms with van der Waals surface area (Å²) >= 11 is 0. The molecule has 0 aromatic heterocycles. The Morgan fingerprint density at radius 2 is 0.400 bits per heavy atom. The molecule has 0 aromatic rings. The van der Waals surface area contributed by atoms with Gasteiger partial charge in [-0.2, -0.15) is 0 Å². The van der Waals surface area contributed by atoms with E-state index in [0.717, 1.165) is 0 Å². The second kappa shape index (κ2) is 108. The van der Waals surface area contributed by atoms with Gasteiger partial charge in [0.15, 0.2) is 0 Å². The Morgan fingerprint density at radius 3 is 0.400 bits per heavy atom. The van der Waals surface area contributed by atoms with E-state index in [1.54, 1.807) is 0 Å². The molecule has 0 aliphatic carbocycles. The van der Waals surface area contributed by atoms with Crippen molar-refractivity contribution in [3.63, 3.8) is 0 Å². The average molecular weight is 183 g/mol. The van der Waals surface area contributed by atoms with Crippen molar-refractivity contribution in [1.82, 2.24) is 0 Å². The Morgan fingerprint density at radius 1 is 0.400 bits per heavy atom. The third-order valence-electron chi connectivity index (χ3n) is 0. The molecule has 0 aliphatic heterocycles. The summed E-state index contributed by atoms with van der Waals surface area (Å²) in [4.78, 5) is 0. The molecular formula is BF4Li7O3. The van der Waals surface area contributed by atoms with E-state index in [2.05, 4.69) is 0 Å². The molecule has 0 radical (unpaired) electrons. The zero-order chi connectivity index (χ0) is 3.58. The van der Waals surface area contributed by atoms with Crippen LogP contribution in [0.3, 0.4) is 0 Å². The van der Waals surface area contributed by atoms with Crippen molar-refractivity contribution < 1.29 is 166 Å². The van der Waals surface area contributed by atoms with Crippen LogP contribution < -0.4 is 166 Å². The zero-order valence-electron chi connectivity index (χ0n) is 10.3. The van der Waals surface area contributed by atoms with Gasteiger partial charge in [0.25, 0.3) is 0 Å². The summed E-state index contributed by atoms with van der Waals surface area (Å²) in [5.41, 5.74) is 0. The Balaban J connectivity index is -0.000000000818. The number of hydrogen-bond acceptors (Lipinski definition) is 3. The molecule has 15 heavy (non-hydrogen) atoms. The van der Waals surface area contributed by atoms with Gasteiger partial charge in [-0.3, -0.25) is 7.32 Å². The molecule has 0 atom stereocenters. The summed E-state index contributed by atoms with van der Waals surface area (Å²) in [5, 5.41) is 25.2. The zero-order valence-corrected chi connectivity index (χ0v) is 10.3. The maximum atomic E-state index is 8.42. The fourth-order valence-corrected chi connectivity index (χ4v) is 0. The van der Waals surface area contributed by atoms with Crippen molar-refractivity contribution in [1.29, 1.82) is 0 Å². The topological polar surface area (TPSA) is 69.2 Å². The van der Waals surface area contributed by atoms with Crippen LogP contribution in [-0.2, 0) is 0 Å². The first-order chi connectivity index (χ1) is 1.73. The minimum Gasteiger partial charge on any atom is -1.00 e. The van der Waals surface area contributed by atoms with Crippen LogP contribution in [0.25, 0.3) is 0 Å². The van der Waals surface area contributed by atoms with Gasteiger partial charge in [-0.05, 0) is 0 Å². The largest absolute Gasteiger partial charge is 1.00 e. The van der Waals surface area contributed by atoms with Crippen LogP contribution in [-0.4, -0.2) is 7.32 Å². The molecule has 0 unspecified atom stereocenters. The van der Waals surface area contributed by atoms with Crippen LogP contribution in [0.5, 0.6) is 0 Å². The van der Waals surface area contributed by atoms with Gasteiger partial charge in [0.05, 0.1) is 0 Å². The standard InChI is InChI=1S/BO3.4FH.7Li/c2-1(3)4;;;;;;;;;;;/h;4*1H;;;;;;;/q-3;;;;;7*+1/p-4. The van der Waals surface area contributed by atoms with E-state index < -0.39 is 7.32 Å². The third kappa shape index (κ3) is 303. The third-order valence-corrected chi connectivity index (χ3v) is 0. The second-order valence-electron chi connectivity index (χ2n) is 0.289. The van der Waals surface area contributed by atoms with Crippen molar-refractivity contribution in [2.75, 3.05) is 0 Å². The van der Waals surface area contributed by atoms with Crippen LogP contribution in [0.15, 0.2) is 0 Å². The van der Waals surface area contributed by atoms with Crippen LogP contribution in [0, 0.1) is 0 Å². The maximum Gasteiger partial charge on any atom is 1.00 e. The molecule has 0 amide bonds. The summed E-state index contributed by atoms with van der Waals surface area (Å²) in [6.45, 7) is 0. The normalized spacial score (nSPS) is 1.80. The van der Waals surface area contributed by atoms with Gasteiger partial charge in [-0.15, -0.1) is 0 Å². The first kappa shape index (κ1) is 128. The summed E-state index contributed by atoms with van der Waals surface area (Å²) < 4.78 is 0. The number of hydrogen-bond donors (Lipinski definition) is 0. The summed E-state index contributed by atoms with van der Waals surface area (Å²) in [7, 11) is -2.92. The monoisotopic (exact) mass is 184 g/mol. The molecule has 56 valence electrons. The Labute approximate surface area is 171 Å². The fraction of sp³-hybridized carbons (Fsp3) is 0. The quantitative estimate of drug-likeness (QED) is 0.277. The number of halogens is 4. The van der Waals surface area contributed by atoms with Crippen LogP contribution >= 0.6 is 0 Å². The molecule has 0 aliphatic rings. The Kier molecular flexibility index (Phi) is 922. The van der Waals surface area contributed by atoms with E-state index >= 15 is 0 Å². The van der Waals surface area contributed by atoms with E-state index in [4.69, 9.17) is 15.1 Å². The van der Waals surface area contributed by atoms with Crippen LogP contribution in [0.4, 0.5) is 0 Å². The van der Waals surface area contributed by atoms with E-state index in [-0.39, 0.29) is 151 Å². The minimum absolute atomic E-state index is 0. The van der Waals surface area contributed by atoms with Gasteiger partial charge in [0, 0.05) is 0 Å². The van der Waals surface area contributed by atoms with E-state index in [0.29, 0.717) is 0 Å². The smallest absolute Gasteiger partial charge is 1.00 e. The Hall–Kier alpha value is 3.85. The minimum atomic E-state index is -2.92. The Bertz CT molecular complexity index is 31.0. The molecular weight excluding hydrogens is 183 g/mol. The van der Waals surface area contributed by atoms with Crippen molar-refractivity contribution in [3.05, 3.63) is 0 Å². The van der Waals surface area contributed by atoms with Crippen molar-refractivity contribution >= 4 is 7.32 Å². The second-order valence-corrected chi connectivity index (χ2v) is 0.289. The molecule has 0 aromatic carbocycles. The van der Waals surface area contributed by atoms with E-state index in [9.17, 15) is 0 Å². The number of rotatable bonds is 0. The van der Waals surface area contributed by atoms with Crippen molar-refractivity contribution in [3.8, 4) is 0 Å². The molecule has 15 heteroatoms. The summed E-state index contributed by atoms with van der Waals surface area (Å²) in [6, 6.07) is 0. The van der Waals surface area contributed by atoms with Gasteiger partial charge in [-0.1, -0.05) is 0 Å². The molecule has 0 fully saturated rings. The first-order valence-corrected chi connectivity index (χ1v) is 0.707. The molecule has 0 heterocycles. The molecule has 0 saturated carbocycles. The van der Waals surface area contributed by atoms with Gasteiger partial charge in [-0.25, -0.2) is 0 Å². The fourth-order valence-electron chi connectivity index (χ4n) is 0. The molecule has 3 nitrogen and oxygen atoms in total. The molecule has 0 saturated heterocycles. The van der Waals surface area contributed by atoms with Gasteiger partial charge >= 0.3 is 132 Å². The maximum absolute atomic E-state index is 8.42. The van der Waals surface area contributed by atoms with Crippen LogP contribution in [0.1, 0.15) is 0 Å². The van der Waals surface area contributed by atoms with Gasteiger partial charge in [0.1, 0.15) is 0 Å². The predicted octanol–water partition coefficient (Wildman–Crippen LogP) is -36.9.